The number of nitrogens with one attached hydrogen (secondary N) is 1. The Morgan fingerprint density at radius 1 is 1.50 bits per heavy atom. The first-order valence-electron chi connectivity index (χ1n) is 5.54. The second-order valence-corrected chi connectivity index (χ2v) is 3.97. The van der Waals surface area contributed by atoms with Crippen LogP contribution in [0.5, 0.6) is 0 Å². The van der Waals surface area contributed by atoms with Gasteiger partial charge in [0.25, 0.3) is 5.56 Å². The van der Waals surface area contributed by atoms with Gasteiger partial charge in [0.1, 0.15) is 0 Å². The highest BCUT2D eigenvalue weighted by Crippen LogP contribution is 1.92. The highest BCUT2D eigenvalue weighted by atomic mass is 16.5. The van der Waals surface area contributed by atoms with Gasteiger partial charge in [-0.15, -0.1) is 0 Å². The van der Waals surface area contributed by atoms with Gasteiger partial charge in [-0.25, -0.2) is 0 Å². The lowest BCUT2D eigenvalue weighted by atomic mass is 10.3. The number of aryl methyl sites for hydroxylation is 1. The first-order valence-corrected chi connectivity index (χ1v) is 5.54. The Hall–Kier alpha value is -1.13. The maximum Gasteiger partial charge on any atom is 0.250 e. The lowest BCUT2D eigenvalue weighted by Crippen LogP contribution is -2.35. The molecule has 0 aliphatic heterocycles. The van der Waals surface area contributed by atoms with Gasteiger partial charge in [-0.3, -0.25) is 4.79 Å². The summed E-state index contributed by atoms with van der Waals surface area (Å²) in [6.45, 7) is 6.15. The van der Waals surface area contributed by atoms with Crippen molar-refractivity contribution in [1.82, 2.24) is 9.88 Å². The molecule has 0 saturated heterocycles. The molecular formula is C12H20N2O2. The quantitative estimate of drug-likeness (QED) is 0.776. The first-order chi connectivity index (χ1) is 7.65. The monoisotopic (exact) mass is 224 g/mol. The van der Waals surface area contributed by atoms with Crippen LogP contribution >= 0.6 is 0 Å². The maximum absolute atomic E-state index is 11.6. The van der Waals surface area contributed by atoms with Crippen molar-refractivity contribution >= 4 is 0 Å². The molecule has 0 saturated carbocycles. The Morgan fingerprint density at radius 2 is 2.25 bits per heavy atom. The van der Waals surface area contributed by atoms with Gasteiger partial charge >= 0.3 is 0 Å². The van der Waals surface area contributed by atoms with E-state index >= 15 is 0 Å². The Kier molecular flexibility index (Phi) is 5.22. The minimum absolute atomic E-state index is 0.0567. The number of rotatable bonds is 6. The van der Waals surface area contributed by atoms with E-state index in [1.54, 1.807) is 23.8 Å². The van der Waals surface area contributed by atoms with Crippen LogP contribution in [-0.4, -0.2) is 30.9 Å². The van der Waals surface area contributed by atoms with Crippen LogP contribution in [0, 0.1) is 6.92 Å². The lowest BCUT2D eigenvalue weighted by Gasteiger charge is -2.14. The number of pyridine rings is 1. The topological polar surface area (TPSA) is 43.3 Å². The average Bonchev–Trinajstić information content (AvgIpc) is 2.23. The third-order valence-corrected chi connectivity index (χ3v) is 2.51. The molecule has 0 aliphatic rings. The normalized spacial score (nSPS) is 12.7. The summed E-state index contributed by atoms with van der Waals surface area (Å²) < 4.78 is 6.79. The number of ether oxygens (including phenoxy) is 1. The van der Waals surface area contributed by atoms with Crippen molar-refractivity contribution in [2.45, 2.75) is 26.4 Å². The maximum atomic E-state index is 11.6. The SMILES string of the molecule is COCC(C)NCCn1c(C)cccc1=O. The van der Waals surface area contributed by atoms with Crippen LogP contribution in [0.25, 0.3) is 0 Å². The van der Waals surface area contributed by atoms with Crippen LogP contribution in [0.15, 0.2) is 23.0 Å². The molecule has 0 amide bonds. The summed E-state index contributed by atoms with van der Waals surface area (Å²) in [5.74, 6) is 0. The van der Waals surface area contributed by atoms with E-state index in [0.29, 0.717) is 19.2 Å². The second kappa shape index (κ2) is 6.45. The Morgan fingerprint density at radius 3 is 2.88 bits per heavy atom. The van der Waals surface area contributed by atoms with Crippen molar-refractivity contribution in [2.75, 3.05) is 20.3 Å². The highest BCUT2D eigenvalue weighted by molar-refractivity contribution is 5.04. The van der Waals surface area contributed by atoms with Gasteiger partial charge in [-0.1, -0.05) is 6.07 Å². The predicted molar refractivity (Wildman–Crippen MR) is 64.8 cm³/mol. The van der Waals surface area contributed by atoms with Gasteiger partial charge < -0.3 is 14.6 Å². The van der Waals surface area contributed by atoms with Crippen LogP contribution in [0.1, 0.15) is 12.6 Å². The summed E-state index contributed by atoms with van der Waals surface area (Å²) in [5, 5.41) is 3.30. The largest absolute Gasteiger partial charge is 0.383 e. The molecular weight excluding hydrogens is 204 g/mol. The van der Waals surface area contributed by atoms with Crippen molar-refractivity contribution < 1.29 is 4.74 Å². The summed E-state index contributed by atoms with van der Waals surface area (Å²) >= 11 is 0. The van der Waals surface area contributed by atoms with E-state index in [1.165, 1.54) is 0 Å². The Labute approximate surface area is 96.2 Å². The fraction of sp³-hybridized carbons (Fsp3) is 0.583. The zero-order chi connectivity index (χ0) is 12.0. The molecule has 0 fully saturated rings. The minimum Gasteiger partial charge on any atom is -0.383 e. The van der Waals surface area contributed by atoms with E-state index in [2.05, 4.69) is 12.2 Å². The van der Waals surface area contributed by atoms with Gasteiger partial charge in [0.05, 0.1) is 6.61 Å². The molecule has 0 spiro atoms. The van der Waals surface area contributed by atoms with E-state index < -0.39 is 0 Å². The van der Waals surface area contributed by atoms with E-state index in [0.717, 1.165) is 12.2 Å². The minimum atomic E-state index is 0.0567. The molecule has 1 unspecified atom stereocenters. The zero-order valence-electron chi connectivity index (χ0n) is 10.2. The number of aromatic nitrogens is 1. The van der Waals surface area contributed by atoms with Gasteiger partial charge in [0.2, 0.25) is 0 Å². The van der Waals surface area contributed by atoms with Gasteiger partial charge in [-0.05, 0) is 19.9 Å². The van der Waals surface area contributed by atoms with Crippen LogP contribution in [-0.2, 0) is 11.3 Å². The van der Waals surface area contributed by atoms with E-state index in [9.17, 15) is 4.79 Å². The fourth-order valence-electron chi connectivity index (χ4n) is 1.64. The van der Waals surface area contributed by atoms with Crippen LogP contribution in [0.2, 0.25) is 0 Å². The molecule has 1 rings (SSSR count). The molecule has 4 nitrogen and oxygen atoms in total. The van der Waals surface area contributed by atoms with Crippen LogP contribution < -0.4 is 10.9 Å². The van der Waals surface area contributed by atoms with Gasteiger partial charge in [-0.2, -0.15) is 0 Å². The third-order valence-electron chi connectivity index (χ3n) is 2.51. The van der Waals surface area contributed by atoms with Crippen molar-refractivity contribution in [1.29, 1.82) is 0 Å². The van der Waals surface area contributed by atoms with E-state index in [4.69, 9.17) is 4.74 Å². The van der Waals surface area contributed by atoms with E-state index in [1.807, 2.05) is 13.0 Å². The highest BCUT2D eigenvalue weighted by Gasteiger charge is 2.01. The molecule has 16 heavy (non-hydrogen) atoms. The van der Waals surface area contributed by atoms with Gasteiger partial charge in [0, 0.05) is 38.0 Å². The molecule has 0 aliphatic carbocycles. The van der Waals surface area contributed by atoms with Crippen LogP contribution in [0.4, 0.5) is 0 Å². The summed E-state index contributed by atoms with van der Waals surface area (Å²) in [6, 6.07) is 5.63. The Balaban J connectivity index is 2.46. The fourth-order valence-corrected chi connectivity index (χ4v) is 1.64. The summed E-state index contributed by atoms with van der Waals surface area (Å²) in [6.07, 6.45) is 0. The lowest BCUT2D eigenvalue weighted by molar-refractivity contribution is 0.172. The van der Waals surface area contributed by atoms with Crippen molar-refractivity contribution in [3.8, 4) is 0 Å². The third kappa shape index (κ3) is 3.79. The molecule has 0 radical (unpaired) electrons. The number of hydrogen-bond acceptors (Lipinski definition) is 3. The molecule has 4 heteroatoms. The average molecular weight is 224 g/mol. The molecule has 1 aromatic rings. The summed E-state index contributed by atoms with van der Waals surface area (Å²) in [7, 11) is 1.68. The molecule has 0 aromatic carbocycles. The zero-order valence-corrected chi connectivity index (χ0v) is 10.2. The number of nitrogens with zero attached hydrogens (tertiary/aromatic N) is 1. The first kappa shape index (κ1) is 12.9. The van der Waals surface area contributed by atoms with E-state index in [-0.39, 0.29) is 5.56 Å². The standard InChI is InChI=1S/C12H20N2O2/c1-10(9-16-3)13-7-8-14-11(2)5-4-6-12(14)15/h4-6,10,13H,7-9H2,1-3H3. The molecule has 1 heterocycles. The predicted octanol–water partition coefficient (Wildman–Crippen LogP) is 0.781. The van der Waals surface area contributed by atoms with Crippen molar-refractivity contribution in [3.63, 3.8) is 0 Å². The second-order valence-electron chi connectivity index (χ2n) is 3.97. The van der Waals surface area contributed by atoms with Crippen LogP contribution in [0.3, 0.4) is 0 Å². The van der Waals surface area contributed by atoms with Gasteiger partial charge in [0.15, 0.2) is 0 Å². The molecule has 1 aromatic heterocycles. The Bertz CT molecular complexity index is 374. The summed E-state index contributed by atoms with van der Waals surface area (Å²) in [5.41, 5.74) is 1.05. The van der Waals surface area contributed by atoms with Crippen molar-refractivity contribution in [3.05, 3.63) is 34.2 Å². The molecule has 1 atom stereocenters. The summed E-state index contributed by atoms with van der Waals surface area (Å²) in [4.78, 5) is 11.6. The van der Waals surface area contributed by atoms with Crippen molar-refractivity contribution in [2.24, 2.45) is 0 Å². The molecule has 1 N–H and O–H groups in total. The number of methoxy groups -OCH3 is 1. The number of hydrogen-bond donors (Lipinski definition) is 1. The molecule has 0 bridgehead atoms. The molecule has 90 valence electrons. The smallest absolute Gasteiger partial charge is 0.250 e.